The van der Waals surface area contributed by atoms with Gasteiger partial charge in [0.25, 0.3) is 0 Å². The molecule has 1 aliphatic rings. The van der Waals surface area contributed by atoms with Crippen molar-refractivity contribution in [2.24, 2.45) is 5.73 Å². The highest BCUT2D eigenvalue weighted by Gasteiger charge is 2.20. The number of aromatic nitrogens is 4. The number of rotatable bonds is 2. The van der Waals surface area contributed by atoms with Crippen LogP contribution in [0.15, 0.2) is 5.38 Å². The Morgan fingerprint density at radius 1 is 1.50 bits per heavy atom. The van der Waals surface area contributed by atoms with E-state index in [1.54, 1.807) is 11.3 Å². The van der Waals surface area contributed by atoms with Crippen LogP contribution in [0.25, 0.3) is 11.5 Å². The minimum atomic E-state index is 0.224. The van der Waals surface area contributed by atoms with Crippen LogP contribution in [0.2, 0.25) is 0 Å². The molecule has 0 spiro atoms. The van der Waals surface area contributed by atoms with Gasteiger partial charge in [-0.05, 0) is 19.8 Å². The maximum atomic E-state index is 5.97. The summed E-state index contributed by atoms with van der Waals surface area (Å²) in [5.41, 5.74) is 6.82. The lowest BCUT2D eigenvalue weighted by Gasteiger charge is -2.29. The first kappa shape index (κ1) is 11.6. The van der Waals surface area contributed by atoms with Crippen molar-refractivity contribution in [3.05, 3.63) is 10.4 Å². The number of aromatic amines is 1. The number of nitrogens with one attached hydrogen (secondary N) is 1. The van der Waals surface area contributed by atoms with E-state index < -0.39 is 0 Å². The smallest absolute Gasteiger partial charge is 0.245 e. The van der Waals surface area contributed by atoms with Crippen molar-refractivity contribution in [2.75, 3.05) is 18.0 Å². The number of H-pyrrole nitrogens is 1. The number of nitrogens with zero attached hydrogens (tertiary/aromatic N) is 4. The van der Waals surface area contributed by atoms with Gasteiger partial charge in [-0.2, -0.15) is 4.98 Å². The van der Waals surface area contributed by atoms with E-state index in [-0.39, 0.29) is 6.04 Å². The Morgan fingerprint density at radius 3 is 3.11 bits per heavy atom. The molecule has 3 heterocycles. The highest BCUT2D eigenvalue weighted by molar-refractivity contribution is 7.09. The SMILES string of the molecule is Cc1nc(-c2nc(N3CCCC(N)C3)n[nH]2)cs1. The van der Waals surface area contributed by atoms with Crippen LogP contribution >= 0.6 is 11.3 Å². The lowest BCUT2D eigenvalue weighted by Crippen LogP contribution is -2.43. The van der Waals surface area contributed by atoms with Crippen molar-refractivity contribution in [1.29, 1.82) is 0 Å². The van der Waals surface area contributed by atoms with Crippen molar-refractivity contribution in [1.82, 2.24) is 20.2 Å². The van der Waals surface area contributed by atoms with Gasteiger partial charge in [-0.25, -0.2) is 4.98 Å². The summed E-state index contributed by atoms with van der Waals surface area (Å²) in [6, 6.07) is 0.224. The van der Waals surface area contributed by atoms with Crippen LogP contribution in [-0.4, -0.2) is 39.3 Å². The largest absolute Gasteiger partial charge is 0.338 e. The minimum Gasteiger partial charge on any atom is -0.338 e. The summed E-state index contributed by atoms with van der Waals surface area (Å²) in [4.78, 5) is 11.0. The van der Waals surface area contributed by atoms with Gasteiger partial charge in [0.1, 0.15) is 5.69 Å². The van der Waals surface area contributed by atoms with Crippen LogP contribution < -0.4 is 10.6 Å². The van der Waals surface area contributed by atoms with Crippen LogP contribution in [0.4, 0.5) is 5.95 Å². The topological polar surface area (TPSA) is 83.7 Å². The molecule has 96 valence electrons. The van der Waals surface area contributed by atoms with Gasteiger partial charge in [-0.15, -0.1) is 16.4 Å². The number of hydrogen-bond donors (Lipinski definition) is 2. The van der Waals surface area contributed by atoms with E-state index in [0.717, 1.165) is 48.4 Å². The molecule has 0 aliphatic carbocycles. The van der Waals surface area contributed by atoms with Gasteiger partial charge in [-0.3, -0.25) is 5.10 Å². The lowest BCUT2D eigenvalue weighted by molar-refractivity contribution is 0.500. The predicted octanol–water partition coefficient (Wildman–Crippen LogP) is 1.16. The number of piperidine rings is 1. The van der Waals surface area contributed by atoms with Crippen molar-refractivity contribution in [2.45, 2.75) is 25.8 Å². The van der Waals surface area contributed by atoms with Crippen molar-refractivity contribution >= 4 is 17.3 Å². The van der Waals surface area contributed by atoms with Crippen LogP contribution in [0, 0.1) is 6.92 Å². The molecule has 0 radical (unpaired) electrons. The van der Waals surface area contributed by atoms with Gasteiger partial charge in [0, 0.05) is 24.5 Å². The van der Waals surface area contributed by atoms with Crippen molar-refractivity contribution in [3.63, 3.8) is 0 Å². The number of hydrogen-bond acceptors (Lipinski definition) is 6. The van der Waals surface area contributed by atoms with Crippen LogP contribution in [0.1, 0.15) is 17.8 Å². The van der Waals surface area contributed by atoms with E-state index in [2.05, 4.69) is 25.1 Å². The third kappa shape index (κ3) is 2.23. The molecule has 2 aromatic rings. The molecule has 6 nitrogen and oxygen atoms in total. The first-order valence-corrected chi connectivity index (χ1v) is 6.96. The second kappa shape index (κ2) is 4.66. The molecule has 0 bridgehead atoms. The monoisotopic (exact) mass is 264 g/mol. The fraction of sp³-hybridized carbons (Fsp3) is 0.545. The van der Waals surface area contributed by atoms with E-state index in [0.29, 0.717) is 0 Å². The van der Waals surface area contributed by atoms with Gasteiger partial charge in [0.05, 0.1) is 5.01 Å². The van der Waals surface area contributed by atoms with Gasteiger partial charge >= 0.3 is 0 Å². The molecule has 0 amide bonds. The third-order valence-electron chi connectivity index (χ3n) is 3.08. The molecule has 0 aromatic carbocycles. The fourth-order valence-corrected chi connectivity index (χ4v) is 2.77. The number of thiazole rings is 1. The average molecular weight is 264 g/mol. The summed E-state index contributed by atoms with van der Waals surface area (Å²) in [6.45, 7) is 3.78. The summed E-state index contributed by atoms with van der Waals surface area (Å²) in [7, 11) is 0. The number of aryl methyl sites for hydroxylation is 1. The Bertz CT molecular complexity index is 533. The maximum Gasteiger partial charge on any atom is 0.245 e. The summed E-state index contributed by atoms with van der Waals surface area (Å²) in [5, 5.41) is 10.2. The Hall–Kier alpha value is -1.47. The molecular weight excluding hydrogens is 248 g/mol. The predicted molar refractivity (Wildman–Crippen MR) is 71.7 cm³/mol. The molecule has 1 aliphatic heterocycles. The van der Waals surface area contributed by atoms with Crippen LogP contribution in [-0.2, 0) is 0 Å². The molecule has 0 saturated carbocycles. The molecule has 2 aromatic heterocycles. The van der Waals surface area contributed by atoms with Gasteiger partial charge in [-0.1, -0.05) is 0 Å². The highest BCUT2D eigenvalue weighted by atomic mass is 32.1. The van der Waals surface area contributed by atoms with E-state index in [9.17, 15) is 0 Å². The average Bonchev–Trinajstić information content (AvgIpc) is 2.97. The first-order chi connectivity index (χ1) is 8.72. The Morgan fingerprint density at radius 2 is 2.39 bits per heavy atom. The van der Waals surface area contributed by atoms with Crippen LogP contribution in [0.3, 0.4) is 0 Å². The van der Waals surface area contributed by atoms with E-state index in [1.165, 1.54) is 0 Å². The minimum absolute atomic E-state index is 0.224. The summed E-state index contributed by atoms with van der Waals surface area (Å²) in [6.07, 6.45) is 2.18. The highest BCUT2D eigenvalue weighted by Crippen LogP contribution is 2.21. The normalized spacial score (nSPS) is 20.3. The summed E-state index contributed by atoms with van der Waals surface area (Å²) in [5.74, 6) is 1.46. The lowest BCUT2D eigenvalue weighted by atomic mass is 10.1. The zero-order chi connectivity index (χ0) is 12.5. The second-order valence-electron chi connectivity index (χ2n) is 4.58. The molecular formula is C11H16N6S. The first-order valence-electron chi connectivity index (χ1n) is 6.08. The Balaban J connectivity index is 1.80. The zero-order valence-corrected chi connectivity index (χ0v) is 11.1. The molecule has 1 saturated heterocycles. The number of nitrogens with two attached hydrogens (primary N) is 1. The van der Waals surface area contributed by atoms with E-state index >= 15 is 0 Å². The van der Waals surface area contributed by atoms with Gasteiger partial charge in [0.2, 0.25) is 5.95 Å². The molecule has 1 unspecified atom stereocenters. The van der Waals surface area contributed by atoms with Crippen LogP contribution in [0.5, 0.6) is 0 Å². The fourth-order valence-electron chi connectivity index (χ4n) is 2.17. The molecule has 18 heavy (non-hydrogen) atoms. The molecule has 3 N–H and O–H groups in total. The maximum absolute atomic E-state index is 5.97. The van der Waals surface area contributed by atoms with Crippen molar-refractivity contribution in [3.8, 4) is 11.5 Å². The molecule has 3 rings (SSSR count). The summed E-state index contributed by atoms with van der Waals surface area (Å²) >= 11 is 1.61. The van der Waals surface area contributed by atoms with E-state index in [1.807, 2.05) is 12.3 Å². The standard InChI is InChI=1S/C11H16N6S/c1-7-13-9(6-18-7)10-14-11(16-15-10)17-4-2-3-8(12)5-17/h6,8H,2-5,12H2,1H3,(H,14,15,16). The van der Waals surface area contributed by atoms with Crippen molar-refractivity contribution < 1.29 is 0 Å². The number of anilines is 1. The van der Waals surface area contributed by atoms with E-state index in [4.69, 9.17) is 5.73 Å². The molecule has 7 heteroatoms. The molecule has 1 fully saturated rings. The second-order valence-corrected chi connectivity index (χ2v) is 5.65. The zero-order valence-electron chi connectivity index (χ0n) is 10.3. The quantitative estimate of drug-likeness (QED) is 0.850. The van der Waals surface area contributed by atoms with Gasteiger partial charge in [0.15, 0.2) is 5.82 Å². The van der Waals surface area contributed by atoms with Gasteiger partial charge < -0.3 is 10.6 Å². The molecule has 1 atom stereocenters. The Kier molecular flexibility index (Phi) is 3.00. The third-order valence-corrected chi connectivity index (χ3v) is 3.85. The Labute approximate surface area is 109 Å². The summed E-state index contributed by atoms with van der Waals surface area (Å²) < 4.78 is 0.